The van der Waals surface area contributed by atoms with E-state index in [0.29, 0.717) is 31.7 Å². The van der Waals surface area contributed by atoms with E-state index in [0.717, 1.165) is 18.4 Å². The zero-order valence-corrected chi connectivity index (χ0v) is 21.8. The number of anilines is 2. The number of H-pyrrole nitrogens is 2. The van der Waals surface area contributed by atoms with Gasteiger partial charge in [-0.25, -0.2) is 34.9 Å². The summed E-state index contributed by atoms with van der Waals surface area (Å²) in [4.78, 5) is 23.3. The minimum absolute atomic E-state index is 0.0817. The number of carbonyl (C=O) groups is 1. The number of aromatic amines is 2. The van der Waals surface area contributed by atoms with Gasteiger partial charge in [-0.3, -0.25) is 9.52 Å². The number of nitrogens with zero attached hydrogens (tertiary/aromatic N) is 2. The summed E-state index contributed by atoms with van der Waals surface area (Å²) in [6.07, 6.45) is 5.10. The van der Waals surface area contributed by atoms with Gasteiger partial charge in [0.2, 0.25) is 43.6 Å². The van der Waals surface area contributed by atoms with Gasteiger partial charge in [-0.2, -0.15) is 0 Å². The number of piperidine rings is 1. The van der Waals surface area contributed by atoms with Crippen LogP contribution in [0.25, 0.3) is 11.0 Å². The third kappa shape index (κ3) is 5.72. The van der Waals surface area contributed by atoms with Gasteiger partial charge in [-0.1, -0.05) is 11.9 Å². The number of ketones is 1. The van der Waals surface area contributed by atoms with Crippen LogP contribution in [-0.4, -0.2) is 68.0 Å². The Morgan fingerprint density at radius 2 is 1.92 bits per heavy atom. The molecule has 0 amide bonds. The maximum Gasteiger partial charge on any atom is 0.232 e. The molecule has 11 nitrogen and oxygen atoms in total. The Labute approximate surface area is 212 Å². The summed E-state index contributed by atoms with van der Waals surface area (Å²) in [5.41, 5.74) is -1.24. The summed E-state index contributed by atoms with van der Waals surface area (Å²) in [5.74, 6) is -3.38. The predicted molar refractivity (Wildman–Crippen MR) is 133 cm³/mol. The van der Waals surface area contributed by atoms with Crippen LogP contribution < -0.4 is 15.0 Å². The molecule has 0 unspecified atom stereocenters. The van der Waals surface area contributed by atoms with E-state index in [4.69, 9.17) is 0 Å². The van der Waals surface area contributed by atoms with Crippen LogP contribution in [0.1, 0.15) is 42.1 Å². The molecule has 1 aliphatic rings. The summed E-state index contributed by atoms with van der Waals surface area (Å²) in [6.45, 7) is 2.28. The predicted octanol–water partition coefficient (Wildman–Crippen LogP) is 1.87. The topological polar surface area (TPSA) is 155 Å². The first-order valence-electron chi connectivity index (χ1n) is 11.5. The lowest BCUT2D eigenvalue weighted by Gasteiger charge is -2.29. The Morgan fingerprint density at radius 1 is 1.22 bits per heavy atom. The molecule has 2 aromatic heterocycles. The highest BCUT2D eigenvalue weighted by molar-refractivity contribution is 7.92. The smallest absolute Gasteiger partial charge is 0.232 e. The van der Waals surface area contributed by atoms with Crippen LogP contribution in [0.15, 0.2) is 24.7 Å². The number of hydrogen-bond donors (Lipinski definition) is 3. The van der Waals surface area contributed by atoms with E-state index in [9.17, 15) is 26.0 Å². The van der Waals surface area contributed by atoms with Crippen molar-refractivity contribution in [2.45, 2.75) is 32.2 Å². The highest BCUT2D eigenvalue weighted by Gasteiger charge is 2.31. The van der Waals surface area contributed by atoms with Gasteiger partial charge in [0.25, 0.3) is 0 Å². The Morgan fingerprint density at radius 3 is 2.57 bits per heavy atom. The van der Waals surface area contributed by atoms with E-state index in [1.165, 1.54) is 16.8 Å². The fourth-order valence-corrected chi connectivity index (χ4v) is 6.30. The second-order valence-electron chi connectivity index (χ2n) is 8.82. The van der Waals surface area contributed by atoms with Crippen LogP contribution in [0.2, 0.25) is 0 Å². The molecule has 4 rings (SSSR count). The van der Waals surface area contributed by atoms with Gasteiger partial charge in [0, 0.05) is 19.3 Å². The van der Waals surface area contributed by atoms with Gasteiger partial charge in [-0.15, -0.1) is 0 Å². The molecular weight excluding hydrogens is 530 g/mol. The molecule has 4 N–H and O–H groups in total. The van der Waals surface area contributed by atoms with Crippen molar-refractivity contribution in [2.75, 3.05) is 35.1 Å². The average molecular weight is 558 g/mol. The zero-order valence-electron chi connectivity index (χ0n) is 20.1. The highest BCUT2D eigenvalue weighted by atomic mass is 32.2. The normalized spacial score (nSPS) is 15.7. The second kappa shape index (κ2) is 10.3. The van der Waals surface area contributed by atoms with Gasteiger partial charge < -0.3 is 10.3 Å². The monoisotopic (exact) mass is 557 g/mol. The van der Waals surface area contributed by atoms with E-state index in [-0.39, 0.29) is 34.8 Å². The summed E-state index contributed by atoms with van der Waals surface area (Å²) >= 11 is 0. The van der Waals surface area contributed by atoms with E-state index >= 15 is 4.39 Å². The third-order valence-electron chi connectivity index (χ3n) is 6.08. The molecule has 200 valence electrons. The summed E-state index contributed by atoms with van der Waals surface area (Å²) < 4.78 is 81.2. The van der Waals surface area contributed by atoms with E-state index < -0.39 is 48.7 Å². The third-order valence-corrected chi connectivity index (χ3v) is 8.86. The molecule has 15 heteroatoms. The minimum Gasteiger partial charge on any atom is -0.332 e. The van der Waals surface area contributed by atoms with Crippen LogP contribution in [0, 0.1) is 11.6 Å². The van der Waals surface area contributed by atoms with Crippen molar-refractivity contribution in [2.24, 2.45) is 0 Å². The summed E-state index contributed by atoms with van der Waals surface area (Å²) in [6, 6.07) is 1.62. The number of benzene rings is 1. The molecule has 1 fully saturated rings. The van der Waals surface area contributed by atoms with Crippen molar-refractivity contribution < 1.29 is 35.4 Å². The number of hydrogen-bond acceptors (Lipinski definition) is 7. The first-order chi connectivity index (χ1) is 17.4. The molecule has 37 heavy (non-hydrogen) atoms. The van der Waals surface area contributed by atoms with Gasteiger partial charge in [-0.05, 0) is 31.4 Å². The molecule has 1 aliphatic heterocycles. The molecule has 0 aliphatic carbocycles. The van der Waals surface area contributed by atoms with Crippen molar-refractivity contribution in [1.29, 1.82) is 0 Å². The van der Waals surface area contributed by atoms with E-state index in [1.54, 1.807) is 6.92 Å². The van der Waals surface area contributed by atoms with Gasteiger partial charge >= 0.3 is 0 Å². The molecule has 3 aromatic rings. The van der Waals surface area contributed by atoms with E-state index in [2.05, 4.69) is 25.0 Å². The first kappa shape index (κ1) is 26.9. The maximum atomic E-state index is 15.3. The number of nitrogens with one attached hydrogen (secondary N) is 4. The van der Waals surface area contributed by atoms with Crippen LogP contribution in [-0.2, 0) is 20.0 Å². The van der Waals surface area contributed by atoms with Crippen LogP contribution in [0.5, 0.6) is 0 Å². The van der Waals surface area contributed by atoms with Crippen molar-refractivity contribution in [3.8, 4) is 0 Å². The SMILES string of the molecule is CCCS(=O)(=O)Nc1ccc(F)c(C(=O)c2c[nH]c3nc[nH+]c(NC4CCN(S(C)(=O)=O)CC4)c23)c1F. The average Bonchev–Trinajstić information content (AvgIpc) is 3.26. The Balaban J connectivity index is 1.67. The molecule has 1 saturated heterocycles. The summed E-state index contributed by atoms with van der Waals surface area (Å²) in [7, 11) is -7.18. The highest BCUT2D eigenvalue weighted by Crippen LogP contribution is 2.30. The zero-order chi connectivity index (χ0) is 27.0. The first-order valence-corrected chi connectivity index (χ1v) is 15.0. The fourth-order valence-electron chi connectivity index (χ4n) is 4.29. The Bertz CT molecular complexity index is 1550. The molecular formula is C22H27F2N6O5S2+. The van der Waals surface area contributed by atoms with Crippen molar-refractivity contribution in [3.05, 3.63) is 47.4 Å². The maximum absolute atomic E-state index is 15.3. The van der Waals surface area contributed by atoms with Gasteiger partial charge in [0.1, 0.15) is 11.2 Å². The van der Waals surface area contributed by atoms with Gasteiger partial charge in [0.05, 0.1) is 34.9 Å². The van der Waals surface area contributed by atoms with E-state index in [1.807, 2.05) is 0 Å². The fraction of sp³-hybridized carbons (Fsp3) is 0.409. The molecule has 0 atom stereocenters. The molecule has 0 radical (unpaired) electrons. The molecule has 0 saturated carbocycles. The number of fused-ring (bicyclic) bond motifs is 1. The Kier molecular flexibility index (Phi) is 7.48. The molecule has 0 bridgehead atoms. The van der Waals surface area contributed by atoms with Crippen LogP contribution >= 0.6 is 0 Å². The van der Waals surface area contributed by atoms with Crippen molar-refractivity contribution in [3.63, 3.8) is 0 Å². The Hall–Kier alpha value is -3.17. The standard InChI is InChI=1S/C22H26F2N6O5S2/c1-3-10-37(34,35)29-16-5-4-15(23)18(19(16)24)20(31)14-11-25-21-17(14)22(27-12-26-21)28-13-6-8-30(9-7-13)36(2,32)33/h4-5,11-13,29H,3,6-10H2,1-2H3,(H2,25,26,27,28)/p+1. The number of sulfonamides is 2. The van der Waals surface area contributed by atoms with Crippen molar-refractivity contribution >= 4 is 48.4 Å². The number of carbonyl (C=O) groups excluding carboxylic acids is 1. The second-order valence-corrected chi connectivity index (χ2v) is 12.6. The van der Waals surface area contributed by atoms with Crippen molar-refractivity contribution in [1.82, 2.24) is 14.3 Å². The quantitative estimate of drug-likeness (QED) is 0.339. The largest absolute Gasteiger partial charge is 0.332 e. The van der Waals surface area contributed by atoms with Crippen LogP contribution in [0.4, 0.5) is 20.3 Å². The summed E-state index contributed by atoms with van der Waals surface area (Å²) in [5, 5.41) is 3.50. The number of aromatic nitrogens is 3. The van der Waals surface area contributed by atoms with Crippen LogP contribution in [0.3, 0.4) is 0 Å². The minimum atomic E-state index is -3.88. The van der Waals surface area contributed by atoms with Gasteiger partial charge in [0.15, 0.2) is 5.82 Å². The lowest BCUT2D eigenvalue weighted by Crippen LogP contribution is -2.42. The molecule has 3 heterocycles. The molecule has 0 spiro atoms. The molecule has 1 aromatic carbocycles. The lowest BCUT2D eigenvalue weighted by atomic mass is 10.0. The lowest BCUT2D eigenvalue weighted by molar-refractivity contribution is -0.364. The number of rotatable bonds is 9. The number of halogens is 2.